The Labute approximate surface area is 546 Å². The molecular weight excluding hydrogens is 1250 g/mol. The van der Waals surface area contributed by atoms with Crippen LogP contribution in [-0.2, 0) is 44.8 Å². The number of aliphatic carboxylic acids is 2. The number of methoxy groups -OCH3 is 1. The summed E-state index contributed by atoms with van der Waals surface area (Å²) in [5.41, 5.74) is 14.2. The third-order valence-corrected chi connectivity index (χ3v) is 19.4. The van der Waals surface area contributed by atoms with Gasteiger partial charge in [0.15, 0.2) is 22.7 Å². The number of Topliss-reactive ketones (excluding diaryl/α,β-unsaturated/α-hetero) is 2. The van der Waals surface area contributed by atoms with Crippen molar-refractivity contribution in [3.05, 3.63) is 121 Å². The maximum Gasteiger partial charge on any atom is 0.327 e. The molecule has 1 aromatic carbocycles. The van der Waals surface area contributed by atoms with E-state index in [0.717, 1.165) is 23.4 Å². The number of ketones is 2. The van der Waals surface area contributed by atoms with Crippen LogP contribution in [0.15, 0.2) is 53.5 Å². The molecule has 30 heteroatoms. The molecule has 1 aliphatic carbocycles. The minimum absolute atomic E-state index is 0.00742. The Morgan fingerprint density at radius 1 is 0.745 bits per heavy atom. The van der Waals surface area contributed by atoms with E-state index in [2.05, 4.69) is 70.3 Å². The zero-order chi connectivity index (χ0) is 67.7. The molecule has 7 atom stereocenters. The molecule has 0 radical (unpaired) electrons. The third-order valence-electron chi connectivity index (χ3n) is 17.0. The van der Waals surface area contributed by atoms with E-state index in [4.69, 9.17) is 25.2 Å². The van der Waals surface area contributed by atoms with Gasteiger partial charge in [-0.1, -0.05) is 42.4 Å². The topological polar surface area (TPSA) is 428 Å². The van der Waals surface area contributed by atoms with Crippen LogP contribution in [0.25, 0.3) is 33.2 Å². The van der Waals surface area contributed by atoms with Gasteiger partial charge >= 0.3 is 17.9 Å². The van der Waals surface area contributed by atoms with Crippen molar-refractivity contribution in [2.75, 3.05) is 56.0 Å². The lowest BCUT2D eigenvalue weighted by molar-refractivity contribution is -0.141. The zero-order valence-electron chi connectivity index (χ0n) is 52.8. The number of aryl methyl sites for hydroxylation is 2. The number of aromatic amines is 3. The van der Waals surface area contributed by atoms with E-state index in [9.17, 15) is 58.2 Å². The molecule has 8 bridgehead atoms. The molecule has 496 valence electrons. The molecule has 3 aliphatic rings. The second kappa shape index (κ2) is 30.5. The van der Waals surface area contributed by atoms with Crippen LogP contribution in [0.2, 0.25) is 0 Å². The van der Waals surface area contributed by atoms with E-state index in [1.165, 1.54) is 54.0 Å². The van der Waals surface area contributed by atoms with Gasteiger partial charge in [0.05, 0.1) is 55.5 Å². The minimum Gasteiger partial charge on any atom is -0.480 e. The first-order valence-electron chi connectivity index (χ1n) is 30.6. The molecule has 0 saturated heterocycles. The van der Waals surface area contributed by atoms with Crippen LogP contribution >= 0.6 is 21.6 Å². The lowest BCUT2D eigenvalue weighted by Crippen LogP contribution is -2.42. The summed E-state index contributed by atoms with van der Waals surface area (Å²) < 4.78 is 10.7. The number of H-pyrrole nitrogens is 3. The zero-order valence-corrected chi connectivity index (χ0v) is 54.4. The highest BCUT2D eigenvalue weighted by Crippen LogP contribution is 2.48. The van der Waals surface area contributed by atoms with Gasteiger partial charge in [0.1, 0.15) is 18.0 Å². The highest BCUT2D eigenvalue weighted by Gasteiger charge is 2.45. The fourth-order valence-corrected chi connectivity index (χ4v) is 14.0. The molecule has 6 aromatic rings. The Balaban J connectivity index is 0.705. The fraction of sp³-hybridized carbons (Fsp3) is 0.422. The molecule has 0 spiro atoms. The SMILES string of the molecule is CC[C@H]1c2cc3[nH]c4c(c3C)C(=O)C(C(=O)OC)c4c3nc(cc4[nH]c(cc(n2)[C@@H]1C)c(C(C)=O)c4C)[C@@H](C)[C@@H]3CCC(=O)NCCSSC[C@H](NC(=O)CCOCCNC(=O)CC[C@H](NC(=O)c1ccc(NCc2cnc3nc(N)[nH]c(=O)c3n2)cc1)C(=O)O)C(=O)O. The predicted octanol–water partition coefficient (Wildman–Crippen LogP) is 6.03. The van der Waals surface area contributed by atoms with Crippen molar-refractivity contribution < 1.29 is 62.8 Å². The number of ether oxygens (including phenoxy) is 2. The van der Waals surface area contributed by atoms with E-state index < -0.39 is 70.9 Å². The Morgan fingerprint density at radius 2 is 1.43 bits per heavy atom. The number of nitrogen functional groups attached to an aromatic ring is 1. The number of aromatic nitrogens is 8. The maximum absolute atomic E-state index is 14.5. The number of nitrogens with zero attached hydrogens (tertiary/aromatic N) is 5. The molecule has 1 unspecified atom stereocenters. The number of carboxylic acids is 2. The van der Waals surface area contributed by atoms with Gasteiger partial charge < -0.3 is 62.0 Å². The highest BCUT2D eigenvalue weighted by molar-refractivity contribution is 8.76. The van der Waals surface area contributed by atoms with Gasteiger partial charge in [0.25, 0.3) is 11.5 Å². The van der Waals surface area contributed by atoms with Gasteiger partial charge in [0.2, 0.25) is 23.7 Å². The normalized spacial score (nSPS) is 17.1. The van der Waals surface area contributed by atoms with E-state index in [1.807, 2.05) is 39.0 Å². The van der Waals surface area contributed by atoms with Gasteiger partial charge in [-0.05, 0) is 93.6 Å². The summed E-state index contributed by atoms with van der Waals surface area (Å²) in [5, 5.41) is 33.2. The molecule has 0 saturated carbocycles. The molecule has 2 aliphatic heterocycles. The summed E-state index contributed by atoms with van der Waals surface area (Å²) in [7, 11) is 3.75. The largest absolute Gasteiger partial charge is 0.480 e. The molecule has 9 rings (SSSR count). The van der Waals surface area contributed by atoms with Crippen LogP contribution in [0.1, 0.15) is 172 Å². The van der Waals surface area contributed by atoms with Gasteiger partial charge in [-0.2, -0.15) is 4.98 Å². The maximum atomic E-state index is 14.5. The van der Waals surface area contributed by atoms with E-state index >= 15 is 0 Å². The van der Waals surface area contributed by atoms with Crippen molar-refractivity contribution in [1.82, 2.24) is 61.1 Å². The first kappa shape index (κ1) is 68.8. The quantitative estimate of drug-likeness (QED) is 0.00839. The fourth-order valence-electron chi connectivity index (χ4n) is 11.9. The Bertz CT molecular complexity index is 4210. The van der Waals surface area contributed by atoms with Gasteiger partial charge in [-0.25, -0.2) is 19.6 Å². The van der Waals surface area contributed by atoms with Crippen LogP contribution in [0.5, 0.6) is 0 Å². The number of nitrogens with one attached hydrogen (secondary N) is 8. The van der Waals surface area contributed by atoms with Crippen molar-refractivity contribution in [3.63, 3.8) is 0 Å². The first-order chi connectivity index (χ1) is 45.0. The lowest BCUT2D eigenvalue weighted by Gasteiger charge is -2.19. The second-order valence-corrected chi connectivity index (χ2v) is 25.8. The number of hydrogen-bond acceptors (Lipinski definition) is 21. The number of carbonyl (C=O) groups is 9. The van der Waals surface area contributed by atoms with Crippen molar-refractivity contribution in [1.29, 1.82) is 0 Å². The summed E-state index contributed by atoms with van der Waals surface area (Å²) in [6.45, 7) is 11.8. The monoisotopic (exact) mass is 1330 g/mol. The van der Waals surface area contributed by atoms with Gasteiger partial charge in [0, 0.05) is 124 Å². The number of carbonyl (C=O) groups excluding carboxylic acids is 7. The Kier molecular flexibility index (Phi) is 22.3. The second-order valence-electron chi connectivity index (χ2n) is 23.2. The summed E-state index contributed by atoms with van der Waals surface area (Å²) in [6.07, 6.45) is 1.93. The number of esters is 1. The summed E-state index contributed by atoms with van der Waals surface area (Å²) in [6, 6.07) is 9.33. The Morgan fingerprint density at radius 3 is 2.14 bits per heavy atom. The summed E-state index contributed by atoms with van der Waals surface area (Å²) in [4.78, 5) is 161. The number of amides is 4. The lowest BCUT2D eigenvalue weighted by atomic mass is 9.84. The van der Waals surface area contributed by atoms with Crippen molar-refractivity contribution >= 4 is 120 Å². The highest BCUT2D eigenvalue weighted by atomic mass is 33.1. The number of hydrogen-bond donors (Lipinski definition) is 11. The molecule has 0 fully saturated rings. The average molecular weight is 1330 g/mol. The average Bonchev–Trinajstić information content (AvgIpc) is 1.57. The van der Waals surface area contributed by atoms with Crippen LogP contribution in [0.4, 0.5) is 11.6 Å². The predicted molar refractivity (Wildman–Crippen MR) is 352 cm³/mol. The summed E-state index contributed by atoms with van der Waals surface area (Å²) >= 11 is 0. The van der Waals surface area contributed by atoms with E-state index in [-0.39, 0.29) is 123 Å². The van der Waals surface area contributed by atoms with Crippen LogP contribution < -0.4 is 37.9 Å². The van der Waals surface area contributed by atoms with Crippen molar-refractivity contribution in [3.8, 4) is 0 Å². The number of rotatable bonds is 29. The third kappa shape index (κ3) is 15.7. The van der Waals surface area contributed by atoms with Gasteiger partial charge in [-0.15, -0.1) is 0 Å². The molecule has 28 nitrogen and oxygen atoms in total. The molecule has 4 amide bonds. The van der Waals surface area contributed by atoms with Crippen molar-refractivity contribution in [2.45, 2.75) is 128 Å². The first-order valence-corrected chi connectivity index (χ1v) is 33.1. The molecule has 5 aromatic heterocycles. The van der Waals surface area contributed by atoms with Crippen LogP contribution in [0, 0.1) is 13.8 Å². The molecule has 7 heterocycles. The molecule has 94 heavy (non-hydrogen) atoms. The van der Waals surface area contributed by atoms with Crippen LogP contribution in [0.3, 0.4) is 0 Å². The summed E-state index contributed by atoms with van der Waals surface area (Å²) in [5.74, 6) is -7.54. The number of carboxylic acid groups (broad SMARTS) is 2. The number of benzene rings is 1. The number of fused-ring (bicyclic) bond motifs is 9. The van der Waals surface area contributed by atoms with Gasteiger partial charge in [-0.3, -0.25) is 53.3 Å². The van der Waals surface area contributed by atoms with E-state index in [1.54, 1.807) is 12.1 Å². The standard InChI is InChI=1S/C64H74N14O14S2/c1-8-37-29(2)40-25-45-50(33(6)79)31(4)42(72-45)23-41-30(3)38(54(74-41)52-53(63(90)91-7)57(83)51-32(5)43(75-55(51)52)24-44(37)71-40)13-15-47(80)67-19-22-93-94-28-46(62(88)89)73-49(82)17-20-92-21-18-66-48(81)16-14-39(61(86)87)76-59(84)34-9-11-35(12-10-34)68-26-36-27-69-58-56(70-36)60(85)78-64(65)77-58/h9-12,23-25,27,29-30,37-39,46,53,68,72,75H,8,13-22,26,28H2,1-7H3,(H,66,81)(H,67,80)(H,73,82)(H,76,84)(H,86,87)(H,88,89)(H3,65,69,77,78,85)/t29-,30+,37-,38+,39+,46+,53?/m1/s1. The smallest absolute Gasteiger partial charge is 0.327 e. The minimum atomic E-state index is -1.38. The molecule has 12 N–H and O–H groups in total. The number of nitrogens with two attached hydrogens (primary N) is 1. The van der Waals surface area contributed by atoms with E-state index in [0.29, 0.717) is 72.8 Å². The molecular formula is C64H74N14O14S2. The number of anilines is 2. The Hall–Kier alpha value is -9.55. The van der Waals surface area contributed by atoms with Crippen molar-refractivity contribution in [2.24, 2.45) is 0 Å². The van der Waals surface area contributed by atoms with Crippen LogP contribution in [-0.4, -0.2) is 160 Å².